The van der Waals surface area contributed by atoms with Gasteiger partial charge in [0.25, 0.3) is 0 Å². The first-order chi connectivity index (χ1) is 14.9. The normalized spacial score (nSPS) is 11.0. The molecular weight excluding hydrogens is 396 g/mol. The molecule has 7 heteroatoms. The minimum atomic E-state index is -0.652. The Kier molecular flexibility index (Phi) is 9.55. The van der Waals surface area contributed by atoms with E-state index in [0.29, 0.717) is 30.1 Å². The van der Waals surface area contributed by atoms with Crippen molar-refractivity contribution in [1.82, 2.24) is 5.43 Å². The van der Waals surface area contributed by atoms with Gasteiger partial charge in [-0.15, -0.1) is 0 Å². The fourth-order valence-electron chi connectivity index (χ4n) is 2.95. The molecule has 0 saturated carbocycles. The van der Waals surface area contributed by atoms with Gasteiger partial charge in [-0.05, 0) is 49.9 Å². The highest BCUT2D eigenvalue weighted by Crippen LogP contribution is 2.28. The Morgan fingerprint density at radius 3 is 2.32 bits per heavy atom. The van der Waals surface area contributed by atoms with Crippen molar-refractivity contribution in [1.29, 1.82) is 0 Å². The van der Waals surface area contributed by atoms with Gasteiger partial charge in [0.05, 0.1) is 14.2 Å². The van der Waals surface area contributed by atoms with Gasteiger partial charge in [-0.2, -0.15) is 5.10 Å². The van der Waals surface area contributed by atoms with Gasteiger partial charge in [0.2, 0.25) is 0 Å². The summed E-state index contributed by atoms with van der Waals surface area (Å²) in [6.07, 6.45) is 1.43. The zero-order valence-electron chi connectivity index (χ0n) is 18.6. The third kappa shape index (κ3) is 8.50. The molecule has 0 saturated heterocycles. The van der Waals surface area contributed by atoms with Crippen LogP contribution < -0.4 is 14.9 Å². The Morgan fingerprint density at radius 2 is 1.65 bits per heavy atom. The van der Waals surface area contributed by atoms with Crippen molar-refractivity contribution < 1.29 is 23.8 Å². The van der Waals surface area contributed by atoms with Crippen LogP contribution in [0.25, 0.3) is 0 Å². The van der Waals surface area contributed by atoms with E-state index in [1.54, 1.807) is 21.1 Å². The first-order valence-electron chi connectivity index (χ1n) is 10.2. The number of carbonyl (C=O) groups excluding carboxylic acids is 2. The van der Waals surface area contributed by atoms with E-state index in [-0.39, 0.29) is 18.8 Å². The number of methoxy groups -OCH3 is 2. The van der Waals surface area contributed by atoms with Crippen LogP contribution in [0, 0.1) is 6.92 Å². The topological polar surface area (TPSA) is 86.2 Å². The summed E-state index contributed by atoms with van der Waals surface area (Å²) in [6, 6.07) is 13.4. The molecule has 166 valence electrons. The lowest BCUT2D eigenvalue weighted by atomic mass is 10.0. The number of ether oxygens (including phenoxy) is 3. The number of aryl methyl sites for hydroxylation is 2. The van der Waals surface area contributed by atoms with Gasteiger partial charge in [-0.3, -0.25) is 4.79 Å². The summed E-state index contributed by atoms with van der Waals surface area (Å²) in [5.41, 5.74) is 5.97. The molecule has 0 atom stereocenters. The lowest BCUT2D eigenvalue weighted by Crippen LogP contribution is -2.20. The predicted octanol–water partition coefficient (Wildman–Crippen LogP) is 4.60. The van der Waals surface area contributed by atoms with Crippen molar-refractivity contribution in [3.63, 3.8) is 0 Å². The second kappa shape index (κ2) is 12.4. The smallest absolute Gasteiger partial charge is 0.428 e. The van der Waals surface area contributed by atoms with Crippen molar-refractivity contribution in [3.05, 3.63) is 59.2 Å². The summed E-state index contributed by atoms with van der Waals surface area (Å²) < 4.78 is 15.6. The summed E-state index contributed by atoms with van der Waals surface area (Å²) in [5.74, 6) is 1.42. The molecule has 1 amide bonds. The number of ketones is 1. The molecular formula is C24H30N2O5. The van der Waals surface area contributed by atoms with Gasteiger partial charge in [0.1, 0.15) is 12.4 Å². The number of nitrogens with one attached hydrogen (secondary N) is 1. The number of amides is 1. The monoisotopic (exact) mass is 426 g/mol. The van der Waals surface area contributed by atoms with Crippen molar-refractivity contribution in [2.45, 2.75) is 46.1 Å². The van der Waals surface area contributed by atoms with Crippen molar-refractivity contribution in [2.75, 3.05) is 14.2 Å². The van der Waals surface area contributed by atoms with Gasteiger partial charge in [0.15, 0.2) is 11.5 Å². The average molecular weight is 427 g/mol. The number of hydrogen-bond acceptors (Lipinski definition) is 6. The highest BCUT2D eigenvalue weighted by molar-refractivity contribution is 6.00. The maximum Gasteiger partial charge on any atom is 0.428 e. The summed E-state index contributed by atoms with van der Waals surface area (Å²) in [6.45, 7) is 3.86. The SMILES string of the molecule is COc1ccc(CCCC(=O)C/C(C)=N/NC(=O)OCc2ccc(C)cc2)cc1OC. The average Bonchev–Trinajstić information content (AvgIpc) is 2.77. The van der Waals surface area contributed by atoms with E-state index in [2.05, 4.69) is 10.5 Å². The number of carbonyl (C=O) groups is 2. The molecule has 0 aliphatic heterocycles. The van der Waals surface area contributed by atoms with E-state index >= 15 is 0 Å². The predicted molar refractivity (Wildman–Crippen MR) is 120 cm³/mol. The zero-order chi connectivity index (χ0) is 22.6. The maximum atomic E-state index is 12.2. The molecule has 31 heavy (non-hydrogen) atoms. The van der Waals surface area contributed by atoms with Crippen LogP contribution in [-0.4, -0.2) is 31.8 Å². The Bertz CT molecular complexity index is 907. The van der Waals surface area contributed by atoms with E-state index < -0.39 is 6.09 Å². The van der Waals surface area contributed by atoms with Gasteiger partial charge in [-0.25, -0.2) is 10.2 Å². The molecule has 0 aliphatic carbocycles. The van der Waals surface area contributed by atoms with E-state index in [9.17, 15) is 9.59 Å². The van der Waals surface area contributed by atoms with Gasteiger partial charge in [0, 0.05) is 18.6 Å². The lowest BCUT2D eigenvalue weighted by Gasteiger charge is -2.09. The molecule has 0 radical (unpaired) electrons. The minimum absolute atomic E-state index is 0.0662. The highest BCUT2D eigenvalue weighted by Gasteiger charge is 2.08. The van der Waals surface area contributed by atoms with Crippen LogP contribution in [0.4, 0.5) is 4.79 Å². The van der Waals surface area contributed by atoms with Crippen LogP contribution in [0.1, 0.15) is 42.9 Å². The van der Waals surface area contributed by atoms with Crippen LogP contribution >= 0.6 is 0 Å². The highest BCUT2D eigenvalue weighted by atomic mass is 16.6. The molecule has 0 aromatic heterocycles. The number of hydrazone groups is 1. The number of Topliss-reactive ketones (excluding diaryl/α,β-unsaturated/α-hetero) is 1. The molecule has 0 heterocycles. The third-order valence-electron chi connectivity index (χ3n) is 4.65. The molecule has 2 rings (SSSR count). The Morgan fingerprint density at radius 1 is 0.968 bits per heavy atom. The van der Waals surface area contributed by atoms with Gasteiger partial charge in [-0.1, -0.05) is 35.9 Å². The van der Waals surface area contributed by atoms with Gasteiger partial charge >= 0.3 is 6.09 Å². The zero-order valence-corrected chi connectivity index (χ0v) is 18.6. The number of benzene rings is 2. The Labute approximate surface area is 183 Å². The third-order valence-corrected chi connectivity index (χ3v) is 4.65. The second-order valence-corrected chi connectivity index (χ2v) is 7.28. The summed E-state index contributed by atoms with van der Waals surface area (Å²) >= 11 is 0. The van der Waals surface area contributed by atoms with Crippen LogP contribution in [-0.2, 0) is 22.6 Å². The largest absolute Gasteiger partial charge is 0.493 e. The molecule has 0 aliphatic rings. The molecule has 0 unspecified atom stereocenters. The number of hydrogen-bond donors (Lipinski definition) is 1. The first kappa shape index (κ1) is 23.9. The van der Waals surface area contributed by atoms with Crippen LogP contribution in [0.5, 0.6) is 11.5 Å². The van der Waals surface area contributed by atoms with Crippen LogP contribution in [0.2, 0.25) is 0 Å². The second-order valence-electron chi connectivity index (χ2n) is 7.28. The minimum Gasteiger partial charge on any atom is -0.493 e. The van der Waals surface area contributed by atoms with Crippen LogP contribution in [0.3, 0.4) is 0 Å². The Hall–Kier alpha value is -3.35. The summed E-state index contributed by atoms with van der Waals surface area (Å²) in [5, 5.41) is 3.94. The molecule has 1 N–H and O–H groups in total. The maximum absolute atomic E-state index is 12.2. The summed E-state index contributed by atoms with van der Waals surface area (Å²) in [4.78, 5) is 23.9. The quantitative estimate of drug-likeness (QED) is 0.419. The van der Waals surface area contributed by atoms with Crippen molar-refractivity contribution in [3.8, 4) is 11.5 Å². The first-order valence-corrected chi connectivity index (χ1v) is 10.2. The fourth-order valence-corrected chi connectivity index (χ4v) is 2.95. The molecule has 2 aromatic carbocycles. The number of rotatable bonds is 11. The molecule has 0 bridgehead atoms. The molecule has 0 fully saturated rings. The number of nitrogens with zero attached hydrogens (tertiary/aromatic N) is 1. The van der Waals surface area contributed by atoms with E-state index in [1.807, 2.05) is 49.4 Å². The standard InChI is InChI=1S/C24H30N2O5/c1-17-8-10-20(11-9-17)16-31-24(28)26-25-18(2)14-21(27)7-5-6-19-12-13-22(29-3)23(15-19)30-4/h8-13,15H,5-7,14,16H2,1-4H3,(H,26,28)/b25-18+. The van der Waals surface area contributed by atoms with E-state index in [1.165, 1.54) is 0 Å². The van der Waals surface area contributed by atoms with Gasteiger partial charge < -0.3 is 14.2 Å². The molecule has 2 aromatic rings. The van der Waals surface area contributed by atoms with E-state index in [4.69, 9.17) is 14.2 Å². The van der Waals surface area contributed by atoms with Crippen LogP contribution in [0.15, 0.2) is 47.6 Å². The lowest BCUT2D eigenvalue weighted by molar-refractivity contribution is -0.118. The summed E-state index contributed by atoms with van der Waals surface area (Å²) in [7, 11) is 3.19. The van der Waals surface area contributed by atoms with E-state index in [0.717, 1.165) is 23.1 Å². The molecule has 7 nitrogen and oxygen atoms in total. The van der Waals surface area contributed by atoms with Crippen molar-refractivity contribution in [2.24, 2.45) is 5.10 Å². The van der Waals surface area contributed by atoms with Crippen molar-refractivity contribution >= 4 is 17.6 Å². The Balaban J connectivity index is 1.69. The fraction of sp³-hybridized carbons (Fsp3) is 0.375. The molecule has 0 spiro atoms.